The molecule has 0 radical (unpaired) electrons. The third-order valence-corrected chi connectivity index (χ3v) is 2.54. The van der Waals surface area contributed by atoms with E-state index in [9.17, 15) is 9.90 Å². The molecular weight excluding hydrogens is 242 g/mol. The van der Waals surface area contributed by atoms with Crippen molar-refractivity contribution >= 4 is 17.3 Å². The summed E-state index contributed by atoms with van der Waals surface area (Å²) in [4.78, 5) is 11.9. The van der Waals surface area contributed by atoms with Crippen molar-refractivity contribution in [1.82, 2.24) is 0 Å². The van der Waals surface area contributed by atoms with Gasteiger partial charge in [-0.05, 0) is 42.5 Å². The summed E-state index contributed by atoms with van der Waals surface area (Å²) in [6.45, 7) is 0. The molecular formula is C14H11N3O2. The highest BCUT2D eigenvalue weighted by molar-refractivity contribution is 6.06. The molecule has 0 heterocycles. The predicted molar refractivity (Wildman–Crippen MR) is 71.6 cm³/mol. The molecule has 0 unspecified atom stereocenters. The van der Waals surface area contributed by atoms with Crippen molar-refractivity contribution in [3.63, 3.8) is 0 Å². The lowest BCUT2D eigenvalue weighted by Crippen LogP contribution is -2.12. The quantitative estimate of drug-likeness (QED) is 0.563. The molecule has 2 aromatic rings. The third-order valence-electron chi connectivity index (χ3n) is 2.54. The molecule has 1 amide bonds. The Bertz CT molecular complexity index is 657. The first-order valence-corrected chi connectivity index (χ1v) is 5.50. The van der Waals surface area contributed by atoms with E-state index in [1.807, 2.05) is 6.07 Å². The zero-order chi connectivity index (χ0) is 13.8. The number of amides is 1. The second-order valence-corrected chi connectivity index (χ2v) is 3.92. The molecule has 0 aliphatic heterocycles. The van der Waals surface area contributed by atoms with Crippen LogP contribution in [-0.2, 0) is 0 Å². The average molecular weight is 253 g/mol. The van der Waals surface area contributed by atoms with E-state index < -0.39 is 5.91 Å². The molecule has 0 aliphatic carbocycles. The lowest BCUT2D eigenvalue weighted by molar-refractivity contribution is 0.102. The number of nitrogens with one attached hydrogen (secondary N) is 1. The molecule has 2 rings (SSSR count). The minimum Gasteiger partial charge on any atom is -0.507 e. The minimum atomic E-state index is -0.463. The topological polar surface area (TPSA) is 99.1 Å². The zero-order valence-corrected chi connectivity index (χ0v) is 9.92. The highest BCUT2D eigenvalue weighted by Crippen LogP contribution is 2.21. The highest BCUT2D eigenvalue weighted by Gasteiger charge is 2.11. The third kappa shape index (κ3) is 2.82. The van der Waals surface area contributed by atoms with Gasteiger partial charge in [0.2, 0.25) is 0 Å². The van der Waals surface area contributed by atoms with Gasteiger partial charge in [0.05, 0.1) is 17.2 Å². The number of nitrogen functional groups attached to an aromatic ring is 1. The van der Waals surface area contributed by atoms with Gasteiger partial charge in [0.25, 0.3) is 5.91 Å². The van der Waals surface area contributed by atoms with Crippen molar-refractivity contribution in [3.8, 4) is 11.8 Å². The summed E-state index contributed by atoms with van der Waals surface area (Å²) >= 11 is 0. The Kier molecular flexibility index (Phi) is 3.35. The molecule has 0 spiro atoms. The molecule has 0 aromatic heterocycles. The second kappa shape index (κ2) is 5.10. The molecule has 5 heteroatoms. The molecule has 5 nitrogen and oxygen atoms in total. The first-order valence-electron chi connectivity index (χ1n) is 5.50. The maximum Gasteiger partial charge on any atom is 0.259 e. The van der Waals surface area contributed by atoms with E-state index in [0.717, 1.165) is 0 Å². The number of hydrogen-bond acceptors (Lipinski definition) is 4. The van der Waals surface area contributed by atoms with Crippen LogP contribution in [0.3, 0.4) is 0 Å². The van der Waals surface area contributed by atoms with Gasteiger partial charge in [-0.3, -0.25) is 4.79 Å². The summed E-state index contributed by atoms with van der Waals surface area (Å²) < 4.78 is 0. The lowest BCUT2D eigenvalue weighted by atomic mass is 10.1. The van der Waals surface area contributed by atoms with Crippen molar-refractivity contribution in [2.45, 2.75) is 0 Å². The van der Waals surface area contributed by atoms with Crippen LogP contribution in [-0.4, -0.2) is 11.0 Å². The van der Waals surface area contributed by atoms with Crippen molar-refractivity contribution in [2.75, 3.05) is 11.1 Å². The van der Waals surface area contributed by atoms with Crippen LogP contribution in [0, 0.1) is 11.3 Å². The molecule has 0 aliphatic rings. The van der Waals surface area contributed by atoms with Crippen LogP contribution >= 0.6 is 0 Å². The van der Waals surface area contributed by atoms with Gasteiger partial charge in [0.15, 0.2) is 0 Å². The van der Waals surface area contributed by atoms with E-state index in [1.165, 1.54) is 18.2 Å². The van der Waals surface area contributed by atoms with Crippen LogP contribution in [0.4, 0.5) is 11.4 Å². The number of hydrogen-bond donors (Lipinski definition) is 3. The number of nitrogens with two attached hydrogens (primary N) is 1. The van der Waals surface area contributed by atoms with Gasteiger partial charge in [0, 0.05) is 11.4 Å². The van der Waals surface area contributed by atoms with Crippen molar-refractivity contribution < 1.29 is 9.90 Å². The van der Waals surface area contributed by atoms with E-state index in [1.54, 1.807) is 24.3 Å². The van der Waals surface area contributed by atoms with Crippen molar-refractivity contribution in [1.29, 1.82) is 5.26 Å². The second-order valence-electron chi connectivity index (χ2n) is 3.92. The first-order chi connectivity index (χ1) is 9.10. The van der Waals surface area contributed by atoms with Crippen molar-refractivity contribution in [3.05, 3.63) is 53.6 Å². The van der Waals surface area contributed by atoms with Crippen LogP contribution in [0.15, 0.2) is 42.5 Å². The number of benzene rings is 2. The van der Waals surface area contributed by atoms with Gasteiger partial charge in [-0.2, -0.15) is 5.26 Å². The van der Waals surface area contributed by atoms with E-state index >= 15 is 0 Å². The molecule has 0 saturated heterocycles. The van der Waals surface area contributed by atoms with Gasteiger partial charge in [0.1, 0.15) is 5.75 Å². The predicted octanol–water partition coefficient (Wildman–Crippen LogP) is 2.10. The van der Waals surface area contributed by atoms with Crippen molar-refractivity contribution in [2.24, 2.45) is 0 Å². The number of carbonyl (C=O) groups excluding carboxylic acids is 1. The van der Waals surface area contributed by atoms with E-state index in [4.69, 9.17) is 11.0 Å². The minimum absolute atomic E-state index is 0.101. The maximum atomic E-state index is 11.9. The summed E-state index contributed by atoms with van der Waals surface area (Å²) in [7, 11) is 0. The zero-order valence-electron chi connectivity index (χ0n) is 9.92. The molecule has 94 valence electrons. The molecule has 19 heavy (non-hydrogen) atoms. The SMILES string of the molecule is N#Cc1ccc(NC(=O)c2cc(N)ccc2O)cc1. The van der Waals surface area contributed by atoms with Gasteiger partial charge in [-0.15, -0.1) is 0 Å². The van der Waals surface area contributed by atoms with E-state index in [0.29, 0.717) is 16.9 Å². The fourth-order valence-corrected chi connectivity index (χ4v) is 1.56. The smallest absolute Gasteiger partial charge is 0.259 e. The maximum absolute atomic E-state index is 11.9. The van der Waals surface area contributed by atoms with Crippen LogP contribution in [0.25, 0.3) is 0 Å². The standard InChI is InChI=1S/C14H11N3O2/c15-8-9-1-4-11(5-2-9)17-14(19)12-7-10(16)3-6-13(12)18/h1-7,18H,16H2,(H,17,19). The number of anilines is 2. The number of carbonyl (C=O) groups is 1. The summed E-state index contributed by atoms with van der Waals surface area (Å²) in [6, 6.07) is 12.7. The van der Waals surface area contributed by atoms with Crippen LogP contribution in [0.2, 0.25) is 0 Å². The fraction of sp³-hybridized carbons (Fsp3) is 0. The summed E-state index contributed by atoms with van der Waals surface area (Å²) in [6.07, 6.45) is 0. The van der Waals surface area contributed by atoms with Gasteiger partial charge < -0.3 is 16.2 Å². The van der Waals surface area contributed by atoms with Crippen LogP contribution in [0.5, 0.6) is 5.75 Å². The fourth-order valence-electron chi connectivity index (χ4n) is 1.56. The van der Waals surface area contributed by atoms with Crippen LogP contribution in [0.1, 0.15) is 15.9 Å². The van der Waals surface area contributed by atoms with Gasteiger partial charge in [-0.1, -0.05) is 0 Å². The Labute approximate surface area is 109 Å². The Morgan fingerprint density at radius 3 is 2.53 bits per heavy atom. The number of phenols is 1. The number of aromatic hydroxyl groups is 1. The Morgan fingerprint density at radius 1 is 1.21 bits per heavy atom. The summed E-state index contributed by atoms with van der Waals surface area (Å²) in [5.41, 5.74) is 7.10. The highest BCUT2D eigenvalue weighted by atomic mass is 16.3. The number of phenolic OH excluding ortho intramolecular Hbond substituents is 1. The van der Waals surface area contributed by atoms with E-state index in [2.05, 4.69) is 5.32 Å². The molecule has 0 saturated carbocycles. The lowest BCUT2D eigenvalue weighted by Gasteiger charge is -2.07. The van der Waals surface area contributed by atoms with Crippen LogP contribution < -0.4 is 11.1 Å². The normalized spacial score (nSPS) is 9.63. The van der Waals surface area contributed by atoms with E-state index in [-0.39, 0.29) is 11.3 Å². The average Bonchev–Trinajstić information content (AvgIpc) is 2.42. The molecule has 0 bridgehead atoms. The monoisotopic (exact) mass is 253 g/mol. The Balaban J connectivity index is 2.21. The number of rotatable bonds is 2. The molecule has 0 fully saturated rings. The molecule has 4 N–H and O–H groups in total. The molecule has 2 aromatic carbocycles. The largest absolute Gasteiger partial charge is 0.507 e. The van der Waals surface area contributed by atoms with Gasteiger partial charge in [-0.25, -0.2) is 0 Å². The Morgan fingerprint density at radius 2 is 1.89 bits per heavy atom. The Hall–Kier alpha value is -3.00. The van der Waals surface area contributed by atoms with Gasteiger partial charge >= 0.3 is 0 Å². The summed E-state index contributed by atoms with van der Waals surface area (Å²) in [5, 5.41) is 20.9. The first kappa shape index (κ1) is 12.5. The summed E-state index contributed by atoms with van der Waals surface area (Å²) in [5.74, 6) is -0.602. The number of nitrogens with zero attached hydrogens (tertiary/aromatic N) is 1. The number of nitriles is 1. The molecule has 0 atom stereocenters.